The summed E-state index contributed by atoms with van der Waals surface area (Å²) < 4.78 is 19.9. The van der Waals surface area contributed by atoms with E-state index in [1.165, 1.54) is 6.20 Å². The first-order chi connectivity index (χ1) is 16.0. The highest BCUT2D eigenvalue weighted by molar-refractivity contribution is 5.69. The summed E-state index contributed by atoms with van der Waals surface area (Å²) in [4.78, 5) is 8.54. The van der Waals surface area contributed by atoms with Gasteiger partial charge in [-0.05, 0) is 57.6 Å². The van der Waals surface area contributed by atoms with E-state index < -0.39 is 0 Å². The number of rotatable bonds is 10. The summed E-state index contributed by atoms with van der Waals surface area (Å²) in [6.07, 6.45) is 10.7. The van der Waals surface area contributed by atoms with Crippen LogP contribution in [0.25, 0.3) is 11.1 Å². The number of pyridine rings is 2. The van der Waals surface area contributed by atoms with E-state index in [0.717, 1.165) is 44.2 Å². The van der Waals surface area contributed by atoms with Crippen molar-refractivity contribution in [3.8, 4) is 17.2 Å². The zero-order chi connectivity index (χ0) is 23.3. The molecule has 0 amide bonds. The van der Waals surface area contributed by atoms with Crippen molar-refractivity contribution in [1.82, 2.24) is 15.3 Å². The highest BCUT2D eigenvalue weighted by Crippen LogP contribution is 2.44. The number of nitriles is 1. The fourth-order valence-electron chi connectivity index (χ4n) is 4.49. The lowest BCUT2D eigenvalue weighted by Crippen LogP contribution is -2.42. The Morgan fingerprint density at radius 3 is 2.64 bits per heavy atom. The third-order valence-electron chi connectivity index (χ3n) is 6.64. The van der Waals surface area contributed by atoms with Gasteiger partial charge in [0, 0.05) is 55.3 Å². The number of methoxy groups -OCH3 is 1. The fourth-order valence-corrected chi connectivity index (χ4v) is 4.49. The number of hydrogen-bond donors (Lipinski definition) is 3. The Bertz CT molecular complexity index is 981. The zero-order valence-electron chi connectivity index (χ0n) is 19.4. The summed E-state index contributed by atoms with van der Waals surface area (Å²) in [6.45, 7) is 3.44. The molecule has 4 rings (SSSR count). The van der Waals surface area contributed by atoms with Crippen molar-refractivity contribution < 1.29 is 9.13 Å². The molecule has 7 nitrogen and oxygen atoms in total. The second-order valence-electron chi connectivity index (χ2n) is 9.47. The van der Waals surface area contributed by atoms with Crippen molar-refractivity contribution in [2.24, 2.45) is 5.41 Å². The van der Waals surface area contributed by atoms with Crippen molar-refractivity contribution >= 4 is 11.5 Å². The minimum atomic E-state index is -0.379. The van der Waals surface area contributed by atoms with Crippen molar-refractivity contribution in [3.05, 3.63) is 36.5 Å². The third kappa shape index (κ3) is 6.18. The normalized spacial score (nSPS) is 22.2. The number of anilines is 2. The van der Waals surface area contributed by atoms with E-state index in [-0.39, 0.29) is 11.2 Å². The minimum absolute atomic E-state index is 0.259. The van der Waals surface area contributed by atoms with Crippen LogP contribution in [0.2, 0.25) is 0 Å². The van der Waals surface area contributed by atoms with Gasteiger partial charge < -0.3 is 20.7 Å². The zero-order valence-corrected chi connectivity index (χ0v) is 19.4. The highest BCUT2D eigenvalue weighted by Gasteiger charge is 2.42. The molecule has 1 atom stereocenters. The van der Waals surface area contributed by atoms with Gasteiger partial charge in [0.2, 0.25) is 0 Å². The van der Waals surface area contributed by atoms with E-state index >= 15 is 0 Å². The van der Waals surface area contributed by atoms with Crippen LogP contribution in [0.15, 0.2) is 30.7 Å². The van der Waals surface area contributed by atoms with Crippen LogP contribution >= 0.6 is 0 Å². The van der Waals surface area contributed by atoms with Crippen LogP contribution in [0, 0.1) is 22.6 Å². The summed E-state index contributed by atoms with van der Waals surface area (Å²) in [7, 11) is 1.73. The molecule has 8 heteroatoms. The second-order valence-corrected chi connectivity index (χ2v) is 9.47. The lowest BCUT2D eigenvalue weighted by atomic mass is 9.90. The van der Waals surface area contributed by atoms with Crippen LogP contribution < -0.4 is 16.0 Å². The van der Waals surface area contributed by atoms with E-state index in [2.05, 4.69) is 38.9 Å². The van der Waals surface area contributed by atoms with Crippen molar-refractivity contribution in [1.29, 1.82) is 5.26 Å². The maximum absolute atomic E-state index is 14.6. The molecule has 33 heavy (non-hydrogen) atoms. The van der Waals surface area contributed by atoms with Gasteiger partial charge in [-0.15, -0.1) is 0 Å². The van der Waals surface area contributed by atoms with Gasteiger partial charge in [0.05, 0.1) is 30.0 Å². The van der Waals surface area contributed by atoms with E-state index in [9.17, 15) is 9.65 Å². The van der Waals surface area contributed by atoms with Gasteiger partial charge >= 0.3 is 0 Å². The fraction of sp³-hybridized carbons (Fsp3) is 0.560. The molecule has 2 saturated carbocycles. The summed E-state index contributed by atoms with van der Waals surface area (Å²) in [5, 5.41) is 19.7. The minimum Gasteiger partial charge on any atom is -0.383 e. The number of aromatic nitrogens is 2. The molecule has 0 aromatic carbocycles. The van der Waals surface area contributed by atoms with Crippen molar-refractivity contribution in [2.45, 2.75) is 63.6 Å². The van der Waals surface area contributed by atoms with Gasteiger partial charge in [-0.2, -0.15) is 5.26 Å². The van der Waals surface area contributed by atoms with E-state index in [1.54, 1.807) is 25.6 Å². The highest BCUT2D eigenvalue weighted by atomic mass is 19.1. The molecule has 2 aliphatic rings. The molecule has 2 heterocycles. The monoisotopic (exact) mass is 452 g/mol. The predicted molar refractivity (Wildman–Crippen MR) is 127 cm³/mol. The van der Waals surface area contributed by atoms with Crippen LogP contribution in [0.4, 0.5) is 15.9 Å². The summed E-state index contributed by atoms with van der Waals surface area (Å²) >= 11 is 0. The Hall–Kier alpha value is -2.76. The van der Waals surface area contributed by atoms with Gasteiger partial charge in [0.25, 0.3) is 0 Å². The molecule has 0 spiro atoms. The molecular formula is C25H33FN6O. The average Bonchev–Trinajstić information content (AvgIpc) is 3.61. The summed E-state index contributed by atoms with van der Waals surface area (Å²) in [5.74, 6) is 0.297. The van der Waals surface area contributed by atoms with E-state index in [4.69, 9.17) is 4.74 Å². The Kier molecular flexibility index (Phi) is 7.41. The molecule has 3 N–H and O–H groups in total. The average molecular weight is 453 g/mol. The molecule has 2 aromatic heterocycles. The molecule has 2 aliphatic carbocycles. The second kappa shape index (κ2) is 10.4. The lowest BCUT2D eigenvalue weighted by molar-refractivity contribution is 0.161. The number of ether oxygens (including phenoxy) is 1. The molecule has 0 saturated heterocycles. The van der Waals surface area contributed by atoms with E-state index in [1.807, 2.05) is 6.07 Å². The first-order valence-corrected chi connectivity index (χ1v) is 11.8. The molecule has 0 bridgehead atoms. The smallest absolute Gasteiger partial charge is 0.149 e. The number of halogens is 1. The SMILES string of the molecule is COC[C@@H](C)N[C@H]1CC[C@H](Nc2cc(-c3cncc(NCC4(C#N)CC4)c3)c(F)cn2)CC1. The Morgan fingerprint density at radius 1 is 1.18 bits per heavy atom. The van der Waals surface area contributed by atoms with Gasteiger partial charge in [0.1, 0.15) is 11.6 Å². The molecule has 2 fully saturated rings. The Labute approximate surface area is 195 Å². The van der Waals surface area contributed by atoms with E-state index in [0.29, 0.717) is 48.2 Å². The lowest BCUT2D eigenvalue weighted by Gasteiger charge is -2.31. The molecular weight excluding hydrogens is 419 g/mol. The molecule has 0 radical (unpaired) electrons. The Balaban J connectivity index is 1.37. The maximum Gasteiger partial charge on any atom is 0.149 e. The van der Waals surface area contributed by atoms with Gasteiger partial charge in [-0.25, -0.2) is 9.37 Å². The van der Waals surface area contributed by atoms with Crippen LogP contribution in [0.5, 0.6) is 0 Å². The largest absolute Gasteiger partial charge is 0.383 e. The van der Waals surface area contributed by atoms with Crippen molar-refractivity contribution in [3.63, 3.8) is 0 Å². The maximum atomic E-state index is 14.6. The molecule has 2 aromatic rings. The number of hydrogen-bond acceptors (Lipinski definition) is 7. The summed E-state index contributed by atoms with van der Waals surface area (Å²) in [5.41, 5.74) is 1.68. The van der Waals surface area contributed by atoms with Crippen LogP contribution in [-0.4, -0.2) is 48.4 Å². The standard InChI is InChI=1S/C25H33FN6O/c1-17(14-33-2)31-19-3-5-20(6-4-19)32-24-10-22(23(26)13-29-24)18-9-21(12-28-11-18)30-16-25(15-27)7-8-25/h9-13,17,19-20,30-31H,3-8,14,16H2,1-2H3,(H,29,32)/t17-,19-,20-/m1/s1. The van der Waals surface area contributed by atoms with Gasteiger partial charge in [0.15, 0.2) is 0 Å². The Morgan fingerprint density at radius 2 is 1.94 bits per heavy atom. The quantitative estimate of drug-likeness (QED) is 0.493. The summed E-state index contributed by atoms with van der Waals surface area (Å²) in [6, 6.07) is 7.18. The van der Waals surface area contributed by atoms with Gasteiger partial charge in [-0.3, -0.25) is 4.98 Å². The van der Waals surface area contributed by atoms with Crippen LogP contribution in [-0.2, 0) is 4.74 Å². The first-order valence-electron chi connectivity index (χ1n) is 11.8. The van der Waals surface area contributed by atoms with Crippen molar-refractivity contribution in [2.75, 3.05) is 30.9 Å². The number of nitrogens with zero attached hydrogens (tertiary/aromatic N) is 3. The van der Waals surface area contributed by atoms with Crippen LogP contribution in [0.3, 0.4) is 0 Å². The first kappa shape index (κ1) is 23.4. The predicted octanol–water partition coefficient (Wildman–Crippen LogP) is 4.35. The molecule has 176 valence electrons. The molecule has 0 unspecified atom stereocenters. The topological polar surface area (TPSA) is 94.9 Å². The number of nitrogens with one attached hydrogen (secondary N) is 3. The van der Waals surface area contributed by atoms with Crippen LogP contribution in [0.1, 0.15) is 45.4 Å². The third-order valence-corrected chi connectivity index (χ3v) is 6.64. The molecule has 0 aliphatic heterocycles. The van der Waals surface area contributed by atoms with Gasteiger partial charge in [-0.1, -0.05) is 0 Å².